The molecule has 0 aliphatic carbocycles. The molecule has 1 aliphatic rings. The van der Waals surface area contributed by atoms with Gasteiger partial charge < -0.3 is 15.0 Å². The van der Waals surface area contributed by atoms with Gasteiger partial charge in [0.2, 0.25) is 11.9 Å². The minimum atomic E-state index is 0.0143. The summed E-state index contributed by atoms with van der Waals surface area (Å²) in [5.41, 5.74) is 2.17. The van der Waals surface area contributed by atoms with Gasteiger partial charge in [-0.15, -0.1) is 10.2 Å². The van der Waals surface area contributed by atoms with Crippen molar-refractivity contribution in [1.82, 2.24) is 20.1 Å². The number of hydrogen-bond donors (Lipinski definition) is 1. The van der Waals surface area contributed by atoms with E-state index >= 15 is 0 Å². The number of hydrogen-bond acceptors (Lipinski definition) is 6. The molecule has 1 aromatic heterocycles. The lowest BCUT2D eigenvalue weighted by Crippen LogP contribution is -2.37. The van der Waals surface area contributed by atoms with Crippen LogP contribution in [-0.2, 0) is 9.53 Å². The van der Waals surface area contributed by atoms with Gasteiger partial charge in [-0.2, -0.15) is 0 Å². The fraction of sp³-hybridized carbons (Fsp3) is 0.526. The first-order chi connectivity index (χ1) is 13.0. The van der Waals surface area contributed by atoms with Crippen molar-refractivity contribution in [3.05, 3.63) is 29.8 Å². The van der Waals surface area contributed by atoms with Gasteiger partial charge in [0, 0.05) is 19.6 Å². The Hall–Kier alpha value is -2.06. The molecular weight excluding hydrogens is 362 g/mol. The van der Waals surface area contributed by atoms with Crippen molar-refractivity contribution in [2.24, 2.45) is 5.92 Å². The van der Waals surface area contributed by atoms with E-state index in [1.165, 1.54) is 17.3 Å². The molecule has 2 aromatic rings. The van der Waals surface area contributed by atoms with Crippen LogP contribution in [0.25, 0.3) is 5.69 Å². The molecule has 27 heavy (non-hydrogen) atoms. The van der Waals surface area contributed by atoms with Crippen LogP contribution >= 0.6 is 11.8 Å². The number of benzene rings is 1. The SMILES string of the molecule is Cc1cccc(-n2c(SCC(=O)NCC(C)C)nnc2N2CCOCC2)c1. The molecule has 8 heteroatoms. The van der Waals surface area contributed by atoms with Crippen molar-refractivity contribution in [1.29, 1.82) is 0 Å². The zero-order valence-corrected chi connectivity index (χ0v) is 17.0. The second kappa shape index (κ2) is 9.23. The average molecular weight is 390 g/mol. The monoisotopic (exact) mass is 389 g/mol. The van der Waals surface area contributed by atoms with Gasteiger partial charge in [-0.1, -0.05) is 37.7 Å². The van der Waals surface area contributed by atoms with Crippen LogP contribution in [0, 0.1) is 12.8 Å². The highest BCUT2D eigenvalue weighted by Gasteiger charge is 2.22. The van der Waals surface area contributed by atoms with E-state index in [2.05, 4.69) is 53.3 Å². The number of aryl methyl sites for hydroxylation is 1. The molecule has 1 saturated heterocycles. The molecule has 0 radical (unpaired) electrons. The number of carbonyl (C=O) groups is 1. The van der Waals surface area contributed by atoms with Gasteiger partial charge >= 0.3 is 0 Å². The number of aromatic nitrogens is 3. The average Bonchev–Trinajstić information content (AvgIpc) is 3.09. The standard InChI is InChI=1S/C19H27N5O2S/c1-14(2)12-20-17(25)13-27-19-22-21-18(23-7-9-26-10-8-23)24(19)16-6-4-5-15(3)11-16/h4-6,11,14H,7-10,12-13H2,1-3H3,(H,20,25). The molecule has 1 fully saturated rings. The summed E-state index contributed by atoms with van der Waals surface area (Å²) < 4.78 is 7.50. The highest BCUT2D eigenvalue weighted by molar-refractivity contribution is 7.99. The van der Waals surface area contributed by atoms with E-state index in [9.17, 15) is 4.79 Å². The number of morpholine rings is 1. The molecule has 1 aliphatic heterocycles. The first-order valence-electron chi connectivity index (χ1n) is 9.29. The number of ether oxygens (including phenoxy) is 1. The van der Waals surface area contributed by atoms with Crippen molar-refractivity contribution in [2.45, 2.75) is 25.9 Å². The number of carbonyl (C=O) groups excluding carboxylic acids is 1. The van der Waals surface area contributed by atoms with Crippen LogP contribution in [0.2, 0.25) is 0 Å². The summed E-state index contributed by atoms with van der Waals surface area (Å²) in [5, 5.41) is 12.5. The third-order valence-corrected chi connectivity index (χ3v) is 5.14. The number of anilines is 1. The van der Waals surface area contributed by atoms with Crippen molar-refractivity contribution in [2.75, 3.05) is 43.5 Å². The number of rotatable bonds is 7. The van der Waals surface area contributed by atoms with Crippen molar-refractivity contribution < 1.29 is 9.53 Å². The Morgan fingerprint density at radius 1 is 1.30 bits per heavy atom. The Kier molecular flexibility index (Phi) is 6.73. The maximum Gasteiger partial charge on any atom is 0.232 e. The zero-order valence-electron chi connectivity index (χ0n) is 16.1. The summed E-state index contributed by atoms with van der Waals surface area (Å²) >= 11 is 1.41. The second-order valence-electron chi connectivity index (χ2n) is 7.04. The van der Waals surface area contributed by atoms with E-state index in [1.54, 1.807) is 0 Å². The first-order valence-corrected chi connectivity index (χ1v) is 10.3. The lowest BCUT2D eigenvalue weighted by Gasteiger charge is -2.28. The fourth-order valence-electron chi connectivity index (χ4n) is 2.82. The molecular formula is C19H27N5O2S. The Balaban J connectivity index is 1.82. The predicted octanol–water partition coefficient (Wildman–Crippen LogP) is 2.28. The van der Waals surface area contributed by atoms with E-state index in [1.807, 2.05) is 16.7 Å². The number of amides is 1. The van der Waals surface area contributed by atoms with Crippen LogP contribution in [0.1, 0.15) is 19.4 Å². The molecule has 0 unspecified atom stereocenters. The van der Waals surface area contributed by atoms with Crippen molar-refractivity contribution in [3.8, 4) is 5.69 Å². The van der Waals surface area contributed by atoms with Crippen molar-refractivity contribution >= 4 is 23.6 Å². The smallest absolute Gasteiger partial charge is 0.232 e. The normalized spacial score (nSPS) is 14.6. The predicted molar refractivity (Wildman–Crippen MR) is 108 cm³/mol. The van der Waals surface area contributed by atoms with Crippen LogP contribution in [0.5, 0.6) is 0 Å². The largest absolute Gasteiger partial charge is 0.378 e. The third kappa shape index (κ3) is 5.23. The molecule has 0 atom stereocenters. The topological polar surface area (TPSA) is 72.3 Å². The molecule has 3 rings (SSSR count). The summed E-state index contributed by atoms with van der Waals surface area (Å²) in [6.07, 6.45) is 0. The molecule has 2 heterocycles. The van der Waals surface area contributed by atoms with Gasteiger partial charge in [-0.05, 0) is 30.5 Å². The van der Waals surface area contributed by atoms with Crippen LogP contribution < -0.4 is 10.2 Å². The molecule has 0 spiro atoms. The lowest BCUT2D eigenvalue weighted by atomic mass is 10.2. The van der Waals surface area contributed by atoms with E-state index in [0.717, 1.165) is 29.9 Å². The van der Waals surface area contributed by atoms with Gasteiger partial charge in [-0.3, -0.25) is 9.36 Å². The number of nitrogens with zero attached hydrogens (tertiary/aromatic N) is 4. The first kappa shape index (κ1) is 19.7. The minimum absolute atomic E-state index is 0.0143. The van der Waals surface area contributed by atoms with E-state index in [-0.39, 0.29) is 5.91 Å². The van der Waals surface area contributed by atoms with Crippen molar-refractivity contribution in [3.63, 3.8) is 0 Å². The van der Waals surface area contributed by atoms with Crippen LogP contribution in [0.4, 0.5) is 5.95 Å². The Bertz CT molecular complexity index is 771. The van der Waals surface area contributed by atoms with E-state index in [4.69, 9.17) is 4.74 Å². The summed E-state index contributed by atoms with van der Waals surface area (Å²) in [7, 11) is 0. The summed E-state index contributed by atoms with van der Waals surface area (Å²) in [6, 6.07) is 8.24. The van der Waals surface area contributed by atoms with Crippen LogP contribution in [0.3, 0.4) is 0 Å². The van der Waals surface area contributed by atoms with Gasteiger partial charge in [0.05, 0.1) is 24.7 Å². The summed E-state index contributed by atoms with van der Waals surface area (Å²) in [6.45, 7) is 9.83. The molecule has 0 saturated carbocycles. The molecule has 1 amide bonds. The Morgan fingerprint density at radius 3 is 2.78 bits per heavy atom. The minimum Gasteiger partial charge on any atom is -0.378 e. The molecule has 7 nitrogen and oxygen atoms in total. The van der Waals surface area contributed by atoms with Gasteiger partial charge in [0.15, 0.2) is 5.16 Å². The fourth-order valence-corrected chi connectivity index (χ4v) is 3.59. The molecule has 1 aromatic carbocycles. The molecule has 146 valence electrons. The van der Waals surface area contributed by atoms with Gasteiger partial charge in [-0.25, -0.2) is 0 Å². The second-order valence-corrected chi connectivity index (χ2v) is 7.99. The molecule has 0 bridgehead atoms. The quantitative estimate of drug-likeness (QED) is 0.733. The number of nitrogens with one attached hydrogen (secondary N) is 1. The van der Waals surface area contributed by atoms with E-state index in [0.29, 0.717) is 31.4 Å². The third-order valence-electron chi connectivity index (χ3n) is 4.21. The Morgan fingerprint density at radius 2 is 2.07 bits per heavy atom. The summed E-state index contributed by atoms with van der Waals surface area (Å²) in [4.78, 5) is 14.3. The maximum atomic E-state index is 12.1. The Labute approximate surface area is 164 Å². The highest BCUT2D eigenvalue weighted by atomic mass is 32.2. The van der Waals surface area contributed by atoms with Crippen LogP contribution in [-0.4, -0.2) is 59.3 Å². The highest BCUT2D eigenvalue weighted by Crippen LogP contribution is 2.27. The zero-order chi connectivity index (χ0) is 19.2. The van der Waals surface area contributed by atoms with Gasteiger partial charge in [0.25, 0.3) is 0 Å². The maximum absolute atomic E-state index is 12.1. The van der Waals surface area contributed by atoms with E-state index < -0.39 is 0 Å². The van der Waals surface area contributed by atoms with Gasteiger partial charge in [0.1, 0.15) is 0 Å². The summed E-state index contributed by atoms with van der Waals surface area (Å²) in [5.74, 6) is 1.57. The number of thioether (sulfide) groups is 1. The molecule has 1 N–H and O–H groups in total. The van der Waals surface area contributed by atoms with Crippen LogP contribution in [0.15, 0.2) is 29.4 Å². The lowest BCUT2D eigenvalue weighted by molar-refractivity contribution is -0.118.